The highest BCUT2D eigenvalue weighted by atomic mass is 35.5. The lowest BCUT2D eigenvalue weighted by atomic mass is 9.95. The maximum atomic E-state index is 13.3. The normalized spacial score (nSPS) is 15.2. The summed E-state index contributed by atoms with van der Waals surface area (Å²) in [6.45, 7) is 4.97. The van der Waals surface area contributed by atoms with Gasteiger partial charge < -0.3 is 24.6 Å². The van der Waals surface area contributed by atoms with Crippen LogP contribution in [0.5, 0.6) is 17.2 Å². The Kier molecular flexibility index (Phi) is 6.49. The zero-order valence-electron chi connectivity index (χ0n) is 18.7. The number of carbonyl (C=O) groups is 1. The first-order valence-electron chi connectivity index (χ1n) is 10.7. The van der Waals surface area contributed by atoms with Crippen molar-refractivity contribution in [2.24, 2.45) is 0 Å². The first kappa shape index (κ1) is 22.9. The number of aromatic hydroxyl groups is 2. The molecule has 0 bridgehead atoms. The molecule has 2 heterocycles. The van der Waals surface area contributed by atoms with Crippen molar-refractivity contribution in [3.8, 4) is 28.5 Å². The molecule has 174 valence electrons. The molecule has 33 heavy (non-hydrogen) atoms. The Bertz CT molecular complexity index is 1190. The number of aromatic nitrogens is 2. The van der Waals surface area contributed by atoms with E-state index in [1.807, 2.05) is 6.92 Å². The summed E-state index contributed by atoms with van der Waals surface area (Å²) in [5.74, 6) is 0.176. The van der Waals surface area contributed by atoms with Gasteiger partial charge in [0, 0.05) is 36.4 Å². The molecule has 2 aromatic carbocycles. The van der Waals surface area contributed by atoms with E-state index in [4.69, 9.17) is 21.1 Å². The average molecular weight is 472 g/mol. The van der Waals surface area contributed by atoms with Gasteiger partial charge >= 0.3 is 0 Å². The van der Waals surface area contributed by atoms with Crippen LogP contribution in [0.2, 0.25) is 5.02 Å². The average Bonchev–Trinajstić information content (AvgIpc) is 3.32. The molecule has 8 nitrogen and oxygen atoms in total. The standard InChI is InChI=1S/C24H26ClN3O5/c1-4-33-19-11-14(6-7-17(19)29)23-20-21(15-12-16(25)13(2)10-18(15)30)26-27-22(20)24(31)28(23)8-5-9-32-3/h6-7,10-12,23,29-30H,4-5,8-9H2,1-3H3,(H,26,27). The number of fused-ring (bicyclic) bond motifs is 1. The Hall–Kier alpha value is -3.23. The van der Waals surface area contributed by atoms with Gasteiger partial charge in [0.25, 0.3) is 5.91 Å². The van der Waals surface area contributed by atoms with E-state index in [1.165, 1.54) is 0 Å². The van der Waals surface area contributed by atoms with Crippen LogP contribution in [0.15, 0.2) is 30.3 Å². The summed E-state index contributed by atoms with van der Waals surface area (Å²) in [5, 5.41) is 28.6. The van der Waals surface area contributed by atoms with Crippen molar-refractivity contribution in [1.29, 1.82) is 0 Å². The molecule has 0 fully saturated rings. The number of nitrogens with zero attached hydrogens (tertiary/aromatic N) is 2. The fourth-order valence-corrected chi connectivity index (χ4v) is 4.35. The Morgan fingerprint density at radius 1 is 1.21 bits per heavy atom. The second kappa shape index (κ2) is 9.33. The SMILES string of the molecule is CCOc1cc(C2c3c(-c4cc(Cl)c(C)cc4O)n[nH]c3C(=O)N2CCCOC)ccc1O. The van der Waals surface area contributed by atoms with Gasteiger partial charge in [-0.15, -0.1) is 0 Å². The Morgan fingerprint density at radius 2 is 2.00 bits per heavy atom. The molecule has 0 radical (unpaired) electrons. The number of phenolic OH excluding ortho intramolecular Hbond substituents is 2. The van der Waals surface area contributed by atoms with Crippen LogP contribution in [0.25, 0.3) is 11.3 Å². The lowest BCUT2D eigenvalue weighted by Gasteiger charge is -2.27. The predicted molar refractivity (Wildman–Crippen MR) is 124 cm³/mol. The minimum atomic E-state index is -0.502. The number of nitrogens with one attached hydrogen (secondary N) is 1. The van der Waals surface area contributed by atoms with Crippen molar-refractivity contribution in [3.05, 3.63) is 57.7 Å². The van der Waals surface area contributed by atoms with Crippen molar-refractivity contribution >= 4 is 17.5 Å². The van der Waals surface area contributed by atoms with Crippen LogP contribution in [0.4, 0.5) is 0 Å². The monoisotopic (exact) mass is 471 g/mol. The van der Waals surface area contributed by atoms with Crippen LogP contribution in [0, 0.1) is 6.92 Å². The predicted octanol–water partition coefficient (Wildman–Crippen LogP) is 4.43. The van der Waals surface area contributed by atoms with Gasteiger partial charge in [-0.1, -0.05) is 17.7 Å². The number of benzene rings is 2. The number of hydrogen-bond donors (Lipinski definition) is 3. The number of H-pyrrole nitrogens is 1. The van der Waals surface area contributed by atoms with Crippen LogP contribution in [-0.4, -0.2) is 58.1 Å². The van der Waals surface area contributed by atoms with Gasteiger partial charge in [0.05, 0.1) is 12.6 Å². The lowest BCUT2D eigenvalue weighted by Crippen LogP contribution is -2.31. The smallest absolute Gasteiger partial charge is 0.273 e. The molecule has 1 aliphatic heterocycles. The number of aryl methyl sites for hydroxylation is 1. The summed E-state index contributed by atoms with van der Waals surface area (Å²) in [6.07, 6.45) is 0.643. The third kappa shape index (κ3) is 4.12. The van der Waals surface area contributed by atoms with Crippen LogP contribution in [-0.2, 0) is 4.74 Å². The maximum absolute atomic E-state index is 13.3. The summed E-state index contributed by atoms with van der Waals surface area (Å²) in [4.78, 5) is 15.1. The third-order valence-electron chi connectivity index (χ3n) is 5.74. The summed E-state index contributed by atoms with van der Waals surface area (Å²) in [5.41, 5.74) is 3.36. The summed E-state index contributed by atoms with van der Waals surface area (Å²) in [7, 11) is 1.62. The zero-order chi connectivity index (χ0) is 23.7. The van der Waals surface area contributed by atoms with E-state index in [0.29, 0.717) is 59.5 Å². The minimum absolute atomic E-state index is 0.0199. The molecule has 0 spiro atoms. The molecule has 1 aromatic heterocycles. The molecule has 0 saturated heterocycles. The Balaban J connectivity index is 1.87. The van der Waals surface area contributed by atoms with Crippen molar-refractivity contribution < 1.29 is 24.5 Å². The summed E-state index contributed by atoms with van der Waals surface area (Å²) in [6, 6.07) is 7.77. The van der Waals surface area contributed by atoms with Crippen LogP contribution in [0.3, 0.4) is 0 Å². The van der Waals surface area contributed by atoms with E-state index < -0.39 is 6.04 Å². The van der Waals surface area contributed by atoms with Crippen molar-refractivity contribution in [2.75, 3.05) is 26.9 Å². The Labute approximate surface area is 196 Å². The number of halogens is 1. The first-order valence-corrected chi connectivity index (χ1v) is 11.1. The van der Waals surface area contributed by atoms with Gasteiger partial charge in [0.1, 0.15) is 17.1 Å². The van der Waals surface area contributed by atoms with E-state index in [-0.39, 0.29) is 17.4 Å². The van der Waals surface area contributed by atoms with Crippen molar-refractivity contribution in [3.63, 3.8) is 0 Å². The topological polar surface area (TPSA) is 108 Å². The zero-order valence-corrected chi connectivity index (χ0v) is 19.4. The molecular formula is C24H26ClN3O5. The number of amides is 1. The fraction of sp³-hybridized carbons (Fsp3) is 0.333. The third-order valence-corrected chi connectivity index (χ3v) is 6.15. The molecule has 4 rings (SSSR count). The maximum Gasteiger partial charge on any atom is 0.273 e. The van der Waals surface area contributed by atoms with E-state index in [9.17, 15) is 15.0 Å². The van der Waals surface area contributed by atoms with Crippen molar-refractivity contribution in [1.82, 2.24) is 15.1 Å². The van der Waals surface area contributed by atoms with Gasteiger partial charge in [-0.3, -0.25) is 9.89 Å². The number of methoxy groups -OCH3 is 1. The Morgan fingerprint density at radius 3 is 2.73 bits per heavy atom. The number of carbonyl (C=O) groups excluding carboxylic acids is 1. The van der Waals surface area contributed by atoms with Crippen LogP contribution >= 0.6 is 11.6 Å². The highest BCUT2D eigenvalue weighted by Gasteiger charge is 2.42. The summed E-state index contributed by atoms with van der Waals surface area (Å²) < 4.78 is 10.8. The van der Waals surface area contributed by atoms with Crippen LogP contribution < -0.4 is 4.74 Å². The number of ether oxygens (including phenoxy) is 2. The first-order chi connectivity index (χ1) is 15.9. The molecule has 3 N–H and O–H groups in total. The molecule has 1 aliphatic rings. The number of rotatable bonds is 8. The van der Waals surface area contributed by atoms with Gasteiger partial charge in [0.2, 0.25) is 0 Å². The van der Waals surface area contributed by atoms with Gasteiger partial charge in [-0.2, -0.15) is 5.10 Å². The number of aromatic amines is 1. The minimum Gasteiger partial charge on any atom is -0.507 e. The quantitative estimate of drug-likeness (QED) is 0.419. The van der Waals surface area contributed by atoms with Crippen molar-refractivity contribution in [2.45, 2.75) is 26.3 Å². The molecular weight excluding hydrogens is 446 g/mol. The number of phenols is 2. The second-order valence-electron chi connectivity index (χ2n) is 7.89. The highest BCUT2D eigenvalue weighted by Crippen LogP contribution is 2.46. The van der Waals surface area contributed by atoms with E-state index in [1.54, 1.807) is 49.3 Å². The van der Waals surface area contributed by atoms with E-state index in [0.717, 1.165) is 11.1 Å². The van der Waals surface area contributed by atoms with E-state index >= 15 is 0 Å². The number of hydrogen-bond acceptors (Lipinski definition) is 6. The largest absolute Gasteiger partial charge is 0.507 e. The molecule has 0 saturated carbocycles. The highest BCUT2D eigenvalue weighted by molar-refractivity contribution is 6.31. The molecule has 9 heteroatoms. The lowest BCUT2D eigenvalue weighted by molar-refractivity contribution is 0.0723. The van der Waals surface area contributed by atoms with Crippen LogP contribution in [0.1, 0.15) is 46.6 Å². The van der Waals surface area contributed by atoms with E-state index in [2.05, 4.69) is 10.2 Å². The van der Waals surface area contributed by atoms with Gasteiger partial charge in [0.15, 0.2) is 11.5 Å². The molecule has 3 aromatic rings. The molecule has 1 atom stereocenters. The van der Waals surface area contributed by atoms with Gasteiger partial charge in [-0.25, -0.2) is 0 Å². The molecule has 1 unspecified atom stereocenters. The second-order valence-corrected chi connectivity index (χ2v) is 8.29. The summed E-state index contributed by atoms with van der Waals surface area (Å²) >= 11 is 6.34. The molecule has 1 amide bonds. The fourth-order valence-electron chi connectivity index (χ4n) is 4.19. The van der Waals surface area contributed by atoms with Gasteiger partial charge in [-0.05, 0) is 55.7 Å². The molecule has 0 aliphatic carbocycles.